The lowest BCUT2D eigenvalue weighted by atomic mass is 9.77. The van der Waals surface area contributed by atoms with Gasteiger partial charge in [0.25, 0.3) is 0 Å². The Bertz CT molecular complexity index is 570. The molecule has 0 saturated carbocycles. The van der Waals surface area contributed by atoms with Crippen LogP contribution in [0.3, 0.4) is 0 Å². The zero-order chi connectivity index (χ0) is 12.8. The van der Waals surface area contributed by atoms with Gasteiger partial charge in [0, 0.05) is 16.4 Å². The van der Waals surface area contributed by atoms with E-state index in [1.165, 1.54) is 16.1 Å². The molecule has 1 aromatic heterocycles. The van der Waals surface area contributed by atoms with Crippen LogP contribution in [0.15, 0.2) is 22.7 Å². The molecule has 0 radical (unpaired) electrons. The summed E-state index contributed by atoms with van der Waals surface area (Å²) in [5.74, 6) is 0.622. The molecule has 1 atom stereocenters. The fourth-order valence-corrected chi connectivity index (χ4v) is 4.63. The lowest BCUT2D eigenvalue weighted by molar-refractivity contribution is 0.336. The summed E-state index contributed by atoms with van der Waals surface area (Å²) in [5.41, 5.74) is 1.36. The van der Waals surface area contributed by atoms with Crippen molar-refractivity contribution in [1.29, 1.82) is 0 Å². The highest BCUT2D eigenvalue weighted by Gasteiger charge is 2.41. The molecule has 1 saturated heterocycles. The SMILES string of the molecule is CC(C)C1(c2nc3ccc(Br)cc3s2)CCNC1. The van der Waals surface area contributed by atoms with Gasteiger partial charge in [-0.3, -0.25) is 0 Å². The summed E-state index contributed by atoms with van der Waals surface area (Å²) in [6.45, 7) is 6.80. The first-order valence-corrected chi connectivity index (χ1v) is 8.00. The third kappa shape index (κ3) is 1.91. The minimum atomic E-state index is 0.232. The molecular formula is C14H17BrN2S. The summed E-state index contributed by atoms with van der Waals surface area (Å²) >= 11 is 5.39. The Morgan fingerprint density at radius 3 is 2.94 bits per heavy atom. The van der Waals surface area contributed by atoms with Crippen molar-refractivity contribution in [3.63, 3.8) is 0 Å². The van der Waals surface area contributed by atoms with Gasteiger partial charge in [-0.2, -0.15) is 0 Å². The second-order valence-corrected chi connectivity index (χ2v) is 7.32. The lowest BCUT2D eigenvalue weighted by Crippen LogP contribution is -2.34. The van der Waals surface area contributed by atoms with E-state index in [0.29, 0.717) is 5.92 Å². The molecule has 96 valence electrons. The number of hydrogen-bond donors (Lipinski definition) is 1. The molecule has 0 amide bonds. The molecule has 1 N–H and O–H groups in total. The normalized spacial score (nSPS) is 24.2. The van der Waals surface area contributed by atoms with Crippen LogP contribution in [0.4, 0.5) is 0 Å². The maximum atomic E-state index is 4.89. The van der Waals surface area contributed by atoms with E-state index in [-0.39, 0.29) is 5.41 Å². The van der Waals surface area contributed by atoms with Crippen molar-refractivity contribution in [2.45, 2.75) is 25.7 Å². The third-order valence-corrected chi connectivity index (χ3v) is 5.80. The molecule has 2 aromatic rings. The standard InChI is InChI=1S/C14H17BrN2S/c1-9(2)14(5-6-16-8-14)13-17-11-4-3-10(15)7-12(11)18-13/h3-4,7,9,16H,5-6,8H2,1-2H3. The van der Waals surface area contributed by atoms with Gasteiger partial charge in [0.05, 0.1) is 10.2 Å². The topological polar surface area (TPSA) is 24.9 Å². The number of halogens is 1. The van der Waals surface area contributed by atoms with Gasteiger partial charge in [-0.15, -0.1) is 11.3 Å². The van der Waals surface area contributed by atoms with Crippen molar-refractivity contribution >= 4 is 37.5 Å². The largest absolute Gasteiger partial charge is 0.316 e. The molecule has 1 unspecified atom stereocenters. The molecule has 3 rings (SSSR count). The second kappa shape index (κ2) is 4.58. The molecular weight excluding hydrogens is 308 g/mol. The first kappa shape index (κ1) is 12.6. The number of nitrogens with zero attached hydrogens (tertiary/aromatic N) is 1. The van der Waals surface area contributed by atoms with Crippen LogP contribution >= 0.6 is 27.3 Å². The quantitative estimate of drug-likeness (QED) is 0.904. The lowest BCUT2D eigenvalue weighted by Gasteiger charge is -2.30. The highest BCUT2D eigenvalue weighted by Crippen LogP contribution is 2.41. The monoisotopic (exact) mass is 324 g/mol. The van der Waals surface area contributed by atoms with Crippen molar-refractivity contribution < 1.29 is 0 Å². The van der Waals surface area contributed by atoms with Gasteiger partial charge in [-0.1, -0.05) is 29.8 Å². The van der Waals surface area contributed by atoms with Crippen LogP contribution in [0.25, 0.3) is 10.2 Å². The van der Waals surface area contributed by atoms with Crippen LogP contribution in [-0.4, -0.2) is 18.1 Å². The summed E-state index contributed by atoms with van der Waals surface area (Å²) in [4.78, 5) is 4.89. The average Bonchev–Trinajstić information content (AvgIpc) is 2.94. The van der Waals surface area contributed by atoms with Gasteiger partial charge >= 0.3 is 0 Å². The Balaban J connectivity index is 2.12. The molecule has 1 aliphatic rings. The second-order valence-electron chi connectivity index (χ2n) is 5.37. The van der Waals surface area contributed by atoms with E-state index in [0.717, 1.165) is 23.1 Å². The third-order valence-electron chi connectivity index (χ3n) is 4.07. The van der Waals surface area contributed by atoms with E-state index in [2.05, 4.69) is 53.3 Å². The van der Waals surface area contributed by atoms with Crippen molar-refractivity contribution in [2.75, 3.05) is 13.1 Å². The van der Waals surface area contributed by atoms with Crippen LogP contribution in [0.5, 0.6) is 0 Å². The highest BCUT2D eigenvalue weighted by molar-refractivity contribution is 9.10. The van der Waals surface area contributed by atoms with E-state index < -0.39 is 0 Å². The van der Waals surface area contributed by atoms with Crippen LogP contribution in [0.2, 0.25) is 0 Å². The Kier molecular flexibility index (Phi) is 3.20. The van der Waals surface area contributed by atoms with Crippen molar-refractivity contribution in [1.82, 2.24) is 10.3 Å². The van der Waals surface area contributed by atoms with Gasteiger partial charge in [-0.05, 0) is 37.1 Å². The predicted molar refractivity (Wildman–Crippen MR) is 81.3 cm³/mol. The Morgan fingerprint density at radius 2 is 2.28 bits per heavy atom. The van der Waals surface area contributed by atoms with Crippen LogP contribution in [0.1, 0.15) is 25.3 Å². The highest BCUT2D eigenvalue weighted by atomic mass is 79.9. The molecule has 18 heavy (non-hydrogen) atoms. The van der Waals surface area contributed by atoms with Crippen LogP contribution in [-0.2, 0) is 5.41 Å². The van der Waals surface area contributed by atoms with Crippen molar-refractivity contribution in [3.05, 3.63) is 27.7 Å². The number of hydrogen-bond acceptors (Lipinski definition) is 3. The molecule has 1 aliphatic heterocycles. The van der Waals surface area contributed by atoms with Crippen LogP contribution < -0.4 is 5.32 Å². The van der Waals surface area contributed by atoms with E-state index >= 15 is 0 Å². The maximum Gasteiger partial charge on any atom is 0.102 e. The molecule has 1 aromatic carbocycles. The van der Waals surface area contributed by atoms with E-state index in [9.17, 15) is 0 Å². The first-order valence-electron chi connectivity index (χ1n) is 6.39. The van der Waals surface area contributed by atoms with Crippen molar-refractivity contribution in [2.24, 2.45) is 5.92 Å². The maximum absolute atomic E-state index is 4.89. The Labute approximate surface area is 120 Å². The molecule has 0 bridgehead atoms. The molecule has 1 fully saturated rings. The van der Waals surface area contributed by atoms with Gasteiger partial charge in [0.2, 0.25) is 0 Å². The van der Waals surface area contributed by atoms with Gasteiger partial charge < -0.3 is 5.32 Å². The molecule has 4 heteroatoms. The Morgan fingerprint density at radius 1 is 1.44 bits per heavy atom. The summed E-state index contributed by atoms with van der Waals surface area (Å²) in [5, 5.41) is 4.81. The minimum absolute atomic E-state index is 0.232. The first-order chi connectivity index (χ1) is 8.62. The molecule has 0 spiro atoms. The fourth-order valence-electron chi connectivity index (χ4n) is 2.74. The number of fused-ring (bicyclic) bond motifs is 1. The summed E-state index contributed by atoms with van der Waals surface area (Å²) in [6, 6.07) is 6.35. The fraction of sp³-hybridized carbons (Fsp3) is 0.500. The number of aromatic nitrogens is 1. The van der Waals surface area contributed by atoms with Crippen molar-refractivity contribution in [3.8, 4) is 0 Å². The summed E-state index contributed by atoms with van der Waals surface area (Å²) in [7, 11) is 0. The zero-order valence-corrected chi connectivity index (χ0v) is 13.1. The Hall–Kier alpha value is -0.450. The van der Waals surface area contributed by atoms with Gasteiger partial charge in [0.15, 0.2) is 0 Å². The number of nitrogens with one attached hydrogen (secondary N) is 1. The average molecular weight is 325 g/mol. The van der Waals surface area contributed by atoms with E-state index in [1.807, 2.05) is 11.3 Å². The number of thiazole rings is 1. The summed E-state index contributed by atoms with van der Waals surface area (Å²) in [6.07, 6.45) is 1.20. The zero-order valence-electron chi connectivity index (χ0n) is 10.7. The van der Waals surface area contributed by atoms with Gasteiger partial charge in [0.1, 0.15) is 5.01 Å². The summed E-state index contributed by atoms with van der Waals surface area (Å²) < 4.78 is 2.42. The molecule has 0 aliphatic carbocycles. The van der Waals surface area contributed by atoms with E-state index in [1.54, 1.807) is 0 Å². The van der Waals surface area contributed by atoms with E-state index in [4.69, 9.17) is 4.98 Å². The van der Waals surface area contributed by atoms with Crippen LogP contribution in [0, 0.1) is 5.92 Å². The molecule has 2 nitrogen and oxygen atoms in total. The molecule has 2 heterocycles. The smallest absolute Gasteiger partial charge is 0.102 e. The van der Waals surface area contributed by atoms with Gasteiger partial charge in [-0.25, -0.2) is 4.98 Å². The minimum Gasteiger partial charge on any atom is -0.316 e. The predicted octanol–water partition coefficient (Wildman–Crippen LogP) is 3.95. The number of rotatable bonds is 2. The number of benzene rings is 1.